The first-order valence-corrected chi connectivity index (χ1v) is 7.11. The van der Waals surface area contributed by atoms with Crippen LogP contribution in [-0.2, 0) is 20.9 Å². The summed E-state index contributed by atoms with van der Waals surface area (Å²) in [6.45, 7) is 0.270. The van der Waals surface area contributed by atoms with Crippen LogP contribution >= 0.6 is 27.3 Å². The number of aliphatic carboxylic acids is 1. The van der Waals surface area contributed by atoms with Gasteiger partial charge in [0.2, 0.25) is 0 Å². The number of carbonyl (C=O) groups is 3. The molecule has 0 saturated carbocycles. The standard InChI is InChI=1S/C11H13BrN2O5S/c1-19-9(15)4-7(10(16)17)14-11(18)13-5-6-2-3-8(12)20-6/h2-3,7H,4-5H2,1H3,(H,16,17)(H2,13,14,18)/t7-/m0/s1. The van der Waals surface area contributed by atoms with E-state index in [1.165, 1.54) is 11.3 Å². The predicted molar refractivity (Wildman–Crippen MR) is 75.4 cm³/mol. The zero-order chi connectivity index (χ0) is 15.1. The van der Waals surface area contributed by atoms with E-state index in [9.17, 15) is 14.4 Å². The van der Waals surface area contributed by atoms with E-state index in [0.29, 0.717) is 0 Å². The second kappa shape index (κ2) is 7.85. The van der Waals surface area contributed by atoms with Crippen LogP contribution in [0.2, 0.25) is 0 Å². The summed E-state index contributed by atoms with van der Waals surface area (Å²) in [5.41, 5.74) is 0. The molecule has 0 aliphatic heterocycles. The molecule has 3 N–H and O–H groups in total. The van der Waals surface area contributed by atoms with Gasteiger partial charge >= 0.3 is 18.0 Å². The Kier molecular flexibility index (Phi) is 6.46. The Morgan fingerprint density at radius 3 is 2.65 bits per heavy atom. The van der Waals surface area contributed by atoms with Crippen molar-refractivity contribution in [2.24, 2.45) is 0 Å². The molecule has 1 rings (SSSR count). The van der Waals surface area contributed by atoms with Crippen molar-refractivity contribution in [2.45, 2.75) is 19.0 Å². The number of carboxylic acids is 1. The highest BCUT2D eigenvalue weighted by molar-refractivity contribution is 9.11. The van der Waals surface area contributed by atoms with Gasteiger partial charge in [0.25, 0.3) is 0 Å². The van der Waals surface area contributed by atoms with Crippen molar-refractivity contribution >= 4 is 45.2 Å². The van der Waals surface area contributed by atoms with Gasteiger partial charge in [-0.25, -0.2) is 9.59 Å². The highest BCUT2D eigenvalue weighted by atomic mass is 79.9. The van der Waals surface area contributed by atoms with E-state index in [4.69, 9.17) is 5.11 Å². The lowest BCUT2D eigenvalue weighted by atomic mass is 10.2. The number of carboxylic acid groups (broad SMARTS) is 1. The summed E-state index contributed by atoms with van der Waals surface area (Å²) >= 11 is 4.75. The Hall–Kier alpha value is -1.61. The highest BCUT2D eigenvalue weighted by Crippen LogP contribution is 2.21. The van der Waals surface area contributed by atoms with Gasteiger partial charge in [-0.15, -0.1) is 11.3 Å². The molecular formula is C11H13BrN2O5S. The Bertz CT molecular complexity index is 505. The van der Waals surface area contributed by atoms with E-state index in [1.807, 2.05) is 12.1 Å². The van der Waals surface area contributed by atoms with Crippen LogP contribution in [0.4, 0.5) is 4.79 Å². The summed E-state index contributed by atoms with van der Waals surface area (Å²) in [5, 5.41) is 13.6. The normalized spacial score (nSPS) is 11.5. The topological polar surface area (TPSA) is 105 Å². The lowest BCUT2D eigenvalue weighted by molar-refractivity contribution is -0.147. The van der Waals surface area contributed by atoms with Crippen LogP contribution < -0.4 is 10.6 Å². The van der Waals surface area contributed by atoms with Crippen molar-refractivity contribution in [3.8, 4) is 0 Å². The number of methoxy groups -OCH3 is 1. The molecule has 0 radical (unpaired) electrons. The summed E-state index contributed by atoms with van der Waals surface area (Å²) in [4.78, 5) is 34.4. The maximum absolute atomic E-state index is 11.6. The van der Waals surface area contributed by atoms with Crippen LogP contribution in [0.5, 0.6) is 0 Å². The van der Waals surface area contributed by atoms with Crippen molar-refractivity contribution in [1.29, 1.82) is 0 Å². The van der Waals surface area contributed by atoms with Crippen LogP contribution in [0.15, 0.2) is 15.9 Å². The number of rotatable bonds is 6. The van der Waals surface area contributed by atoms with E-state index in [-0.39, 0.29) is 6.54 Å². The minimum atomic E-state index is -1.32. The largest absolute Gasteiger partial charge is 0.480 e. The average molecular weight is 365 g/mol. The number of esters is 1. The quantitative estimate of drug-likeness (QED) is 0.660. The molecule has 0 bridgehead atoms. The molecule has 0 unspecified atom stereocenters. The lowest BCUT2D eigenvalue weighted by Crippen LogP contribution is -2.46. The van der Waals surface area contributed by atoms with Gasteiger partial charge in [-0.05, 0) is 28.1 Å². The average Bonchev–Trinajstić information content (AvgIpc) is 2.81. The fraction of sp³-hybridized carbons (Fsp3) is 0.364. The highest BCUT2D eigenvalue weighted by Gasteiger charge is 2.23. The maximum Gasteiger partial charge on any atom is 0.326 e. The van der Waals surface area contributed by atoms with Gasteiger partial charge in [-0.3, -0.25) is 4.79 Å². The summed E-state index contributed by atoms with van der Waals surface area (Å²) in [5.74, 6) is -2.01. The third-order valence-corrected chi connectivity index (χ3v) is 3.88. The van der Waals surface area contributed by atoms with E-state index >= 15 is 0 Å². The fourth-order valence-corrected chi connectivity index (χ4v) is 2.70. The van der Waals surface area contributed by atoms with Crippen LogP contribution in [0.25, 0.3) is 0 Å². The Morgan fingerprint density at radius 1 is 1.45 bits per heavy atom. The molecule has 2 amide bonds. The van der Waals surface area contributed by atoms with E-state index in [0.717, 1.165) is 15.8 Å². The van der Waals surface area contributed by atoms with Crippen molar-refractivity contribution in [3.05, 3.63) is 20.8 Å². The zero-order valence-corrected chi connectivity index (χ0v) is 12.9. The second-order valence-corrected chi connectivity index (χ2v) is 6.25. The van der Waals surface area contributed by atoms with Gasteiger partial charge in [-0.2, -0.15) is 0 Å². The Balaban J connectivity index is 2.45. The summed E-state index contributed by atoms with van der Waals surface area (Å²) in [6.07, 6.45) is -0.427. The second-order valence-electron chi connectivity index (χ2n) is 3.70. The number of amides is 2. The molecule has 0 aromatic carbocycles. The monoisotopic (exact) mass is 364 g/mol. The molecule has 1 heterocycles. The van der Waals surface area contributed by atoms with E-state index in [1.54, 1.807) is 0 Å². The number of hydrogen-bond acceptors (Lipinski definition) is 5. The Labute approximate surface area is 127 Å². The van der Waals surface area contributed by atoms with Crippen LogP contribution in [-0.4, -0.2) is 36.2 Å². The van der Waals surface area contributed by atoms with Gasteiger partial charge in [-0.1, -0.05) is 0 Å². The number of nitrogens with one attached hydrogen (secondary N) is 2. The molecule has 0 aliphatic rings. The molecule has 0 saturated heterocycles. The molecule has 7 nitrogen and oxygen atoms in total. The molecule has 1 aromatic rings. The van der Waals surface area contributed by atoms with Crippen molar-refractivity contribution in [1.82, 2.24) is 10.6 Å². The molecule has 0 spiro atoms. The third-order valence-electron chi connectivity index (χ3n) is 2.25. The number of hydrogen-bond donors (Lipinski definition) is 3. The van der Waals surface area contributed by atoms with Crippen molar-refractivity contribution in [2.75, 3.05) is 7.11 Å². The molecule has 110 valence electrons. The number of carbonyl (C=O) groups excluding carboxylic acids is 2. The molecule has 1 aromatic heterocycles. The molecular weight excluding hydrogens is 352 g/mol. The summed E-state index contributed by atoms with van der Waals surface area (Å²) < 4.78 is 5.30. The van der Waals surface area contributed by atoms with Crippen molar-refractivity contribution < 1.29 is 24.2 Å². The first-order chi connectivity index (χ1) is 9.42. The van der Waals surface area contributed by atoms with Crippen LogP contribution in [0.1, 0.15) is 11.3 Å². The van der Waals surface area contributed by atoms with E-state index < -0.39 is 30.4 Å². The van der Waals surface area contributed by atoms with Crippen LogP contribution in [0.3, 0.4) is 0 Å². The first kappa shape index (κ1) is 16.4. The third kappa shape index (κ3) is 5.57. The van der Waals surface area contributed by atoms with Crippen molar-refractivity contribution in [3.63, 3.8) is 0 Å². The minimum absolute atomic E-state index is 0.270. The first-order valence-electron chi connectivity index (χ1n) is 5.50. The van der Waals surface area contributed by atoms with Gasteiger partial charge in [0.15, 0.2) is 0 Å². The minimum Gasteiger partial charge on any atom is -0.480 e. The SMILES string of the molecule is COC(=O)C[C@H](NC(=O)NCc1ccc(Br)s1)C(=O)O. The van der Waals surface area contributed by atoms with Gasteiger partial charge in [0.1, 0.15) is 6.04 Å². The maximum atomic E-state index is 11.6. The fourth-order valence-electron chi connectivity index (χ4n) is 1.27. The smallest absolute Gasteiger partial charge is 0.326 e. The van der Waals surface area contributed by atoms with Crippen LogP contribution in [0, 0.1) is 0 Å². The lowest BCUT2D eigenvalue weighted by Gasteiger charge is -2.13. The summed E-state index contributed by atoms with van der Waals surface area (Å²) in [7, 11) is 1.15. The number of urea groups is 1. The van der Waals surface area contributed by atoms with Gasteiger partial charge < -0.3 is 20.5 Å². The van der Waals surface area contributed by atoms with Gasteiger partial charge in [0, 0.05) is 4.88 Å². The molecule has 1 atom stereocenters. The molecule has 0 aliphatic carbocycles. The molecule has 9 heteroatoms. The van der Waals surface area contributed by atoms with Gasteiger partial charge in [0.05, 0.1) is 23.9 Å². The van der Waals surface area contributed by atoms with E-state index in [2.05, 4.69) is 31.3 Å². The molecule has 0 fully saturated rings. The number of thiophene rings is 1. The molecule has 20 heavy (non-hydrogen) atoms. The number of ether oxygens (including phenoxy) is 1. The number of halogens is 1. The summed E-state index contributed by atoms with van der Waals surface area (Å²) in [6, 6.07) is 1.69. The predicted octanol–water partition coefficient (Wildman–Crippen LogP) is 1.33. The zero-order valence-electron chi connectivity index (χ0n) is 10.5. The Morgan fingerprint density at radius 2 is 2.15 bits per heavy atom.